The molecule has 1 aromatic carbocycles. The molecule has 0 aliphatic carbocycles. The van der Waals surface area contributed by atoms with Gasteiger partial charge in [0.2, 0.25) is 0 Å². The zero-order valence-corrected chi connectivity index (χ0v) is 14.8. The van der Waals surface area contributed by atoms with Crippen LogP contribution >= 0.6 is 27.5 Å². The molecule has 1 N–H and O–H groups in total. The second kappa shape index (κ2) is 6.29. The van der Waals surface area contributed by atoms with Crippen LogP contribution in [-0.4, -0.2) is 51.7 Å². The maximum Gasteiger partial charge on any atom is 0.407 e. The van der Waals surface area contributed by atoms with E-state index in [1.54, 1.807) is 11.8 Å². The predicted octanol–water partition coefficient (Wildman–Crippen LogP) is 3.51. The molecule has 0 radical (unpaired) electrons. The van der Waals surface area contributed by atoms with E-state index in [-0.39, 0.29) is 45.3 Å². The lowest BCUT2D eigenvalue weighted by molar-refractivity contribution is 0.136. The van der Waals surface area contributed by atoms with Gasteiger partial charge in [-0.1, -0.05) is 11.6 Å². The minimum Gasteiger partial charge on any atom is -0.465 e. The Morgan fingerprint density at radius 2 is 2.12 bits per heavy atom. The Morgan fingerprint density at radius 3 is 2.75 bits per heavy atom. The van der Waals surface area contributed by atoms with E-state index in [1.165, 1.54) is 11.0 Å². The molecule has 1 aromatic heterocycles. The molecule has 1 aliphatic heterocycles. The van der Waals surface area contributed by atoms with Gasteiger partial charge < -0.3 is 14.9 Å². The number of nitrogens with zero attached hydrogens (tertiary/aromatic N) is 4. The second-order valence-electron chi connectivity index (χ2n) is 5.47. The van der Waals surface area contributed by atoms with Gasteiger partial charge in [-0.15, -0.1) is 0 Å². The summed E-state index contributed by atoms with van der Waals surface area (Å²) in [6.07, 6.45) is -2.07. The fraction of sp³-hybridized carbons (Fsp3) is 0.357. The van der Waals surface area contributed by atoms with Gasteiger partial charge in [0, 0.05) is 31.1 Å². The number of halogens is 4. The molecule has 0 bridgehead atoms. The summed E-state index contributed by atoms with van der Waals surface area (Å²) in [4.78, 5) is 21.4. The highest BCUT2D eigenvalue weighted by Crippen LogP contribution is 2.35. The largest absolute Gasteiger partial charge is 0.465 e. The first-order valence-electron chi connectivity index (χ1n) is 7.05. The summed E-state index contributed by atoms with van der Waals surface area (Å²) in [5, 5.41) is 9.48. The molecule has 10 heteroatoms. The fourth-order valence-electron chi connectivity index (χ4n) is 2.80. The molecule has 0 unspecified atom stereocenters. The van der Waals surface area contributed by atoms with E-state index in [1.807, 2.05) is 0 Å². The number of rotatable bonds is 1. The van der Waals surface area contributed by atoms with Crippen molar-refractivity contribution in [3.63, 3.8) is 0 Å². The highest BCUT2D eigenvalue weighted by molar-refractivity contribution is 9.10. The number of hydrogen-bond donors (Lipinski definition) is 1. The van der Waals surface area contributed by atoms with E-state index >= 15 is 0 Å². The molecular weight excluding hydrogens is 410 g/mol. The molecule has 6 nitrogen and oxygen atoms in total. The van der Waals surface area contributed by atoms with Crippen molar-refractivity contribution >= 4 is 50.3 Å². The van der Waals surface area contributed by atoms with Gasteiger partial charge in [-0.25, -0.2) is 9.18 Å². The Kier molecular flexibility index (Phi) is 4.48. The molecule has 1 fully saturated rings. The zero-order chi connectivity index (χ0) is 17.6. The van der Waals surface area contributed by atoms with Crippen molar-refractivity contribution in [1.82, 2.24) is 14.9 Å². The van der Waals surface area contributed by atoms with Crippen molar-refractivity contribution in [3.8, 4) is 0 Å². The third kappa shape index (κ3) is 2.86. The molecular formula is C14H12BrClF2N4O2. The van der Waals surface area contributed by atoms with E-state index in [0.29, 0.717) is 6.54 Å². The molecule has 2 heterocycles. The molecule has 0 spiro atoms. The number of carboxylic acid groups (broad SMARTS) is 1. The maximum absolute atomic E-state index is 14.4. The lowest BCUT2D eigenvalue weighted by Crippen LogP contribution is -2.53. The first-order valence-corrected chi connectivity index (χ1v) is 8.22. The Balaban J connectivity index is 2.11. The van der Waals surface area contributed by atoms with Gasteiger partial charge >= 0.3 is 12.2 Å². The lowest BCUT2D eigenvalue weighted by atomic mass is 10.1. The topological polar surface area (TPSA) is 69.6 Å². The molecule has 1 atom stereocenters. The summed E-state index contributed by atoms with van der Waals surface area (Å²) >= 11 is 9.01. The molecule has 128 valence electrons. The molecule has 3 rings (SSSR count). The van der Waals surface area contributed by atoms with Crippen molar-refractivity contribution in [3.05, 3.63) is 27.5 Å². The number of fused-ring (bicyclic) bond motifs is 1. The minimum atomic E-state index is -1.06. The summed E-state index contributed by atoms with van der Waals surface area (Å²) in [7, 11) is 0. The Bertz CT molecular complexity index is 838. The molecule has 1 saturated heterocycles. The Morgan fingerprint density at radius 1 is 1.42 bits per heavy atom. The van der Waals surface area contributed by atoms with Crippen LogP contribution in [0.3, 0.4) is 0 Å². The Labute approximate surface area is 149 Å². The van der Waals surface area contributed by atoms with Gasteiger partial charge in [0.15, 0.2) is 5.82 Å². The first kappa shape index (κ1) is 17.1. The molecule has 2 aromatic rings. The maximum atomic E-state index is 14.4. The monoisotopic (exact) mass is 420 g/mol. The molecule has 24 heavy (non-hydrogen) atoms. The van der Waals surface area contributed by atoms with Crippen LogP contribution in [-0.2, 0) is 0 Å². The van der Waals surface area contributed by atoms with E-state index in [2.05, 4.69) is 25.9 Å². The Hall–Kier alpha value is -1.74. The fourth-order valence-corrected chi connectivity index (χ4v) is 3.29. The quantitative estimate of drug-likeness (QED) is 0.564. The normalized spacial score (nSPS) is 18.3. The van der Waals surface area contributed by atoms with Crippen LogP contribution in [0.2, 0.25) is 5.02 Å². The summed E-state index contributed by atoms with van der Waals surface area (Å²) in [5.41, 5.74) is -0.179. The first-order chi connectivity index (χ1) is 11.3. The number of anilines is 1. The van der Waals surface area contributed by atoms with Crippen molar-refractivity contribution in [2.24, 2.45) is 0 Å². The van der Waals surface area contributed by atoms with Gasteiger partial charge in [-0.05, 0) is 28.9 Å². The minimum absolute atomic E-state index is 0.00413. The third-order valence-corrected chi connectivity index (χ3v) is 5.25. The van der Waals surface area contributed by atoms with Gasteiger partial charge in [-0.3, -0.25) is 0 Å². The number of aromatic nitrogens is 2. The lowest BCUT2D eigenvalue weighted by Gasteiger charge is -2.39. The van der Waals surface area contributed by atoms with E-state index in [4.69, 9.17) is 16.7 Å². The molecule has 0 saturated carbocycles. The third-order valence-electron chi connectivity index (χ3n) is 3.95. The van der Waals surface area contributed by atoms with E-state index < -0.39 is 18.0 Å². The summed E-state index contributed by atoms with van der Waals surface area (Å²) in [6, 6.07) is 1.20. The summed E-state index contributed by atoms with van der Waals surface area (Å²) < 4.78 is 28.2. The number of benzene rings is 1. The summed E-state index contributed by atoms with van der Waals surface area (Å²) in [5.74, 6) is -0.569. The number of amides is 1. The number of piperazine rings is 1. The number of carbonyl (C=O) groups is 1. The van der Waals surface area contributed by atoms with Crippen LogP contribution in [0, 0.1) is 11.9 Å². The second-order valence-corrected chi connectivity index (χ2v) is 6.67. The van der Waals surface area contributed by atoms with Crippen LogP contribution in [0.25, 0.3) is 10.9 Å². The zero-order valence-electron chi connectivity index (χ0n) is 12.4. The van der Waals surface area contributed by atoms with Gasteiger partial charge in [0.05, 0.1) is 9.50 Å². The van der Waals surface area contributed by atoms with Crippen LogP contribution in [0.15, 0.2) is 10.5 Å². The highest BCUT2D eigenvalue weighted by Gasteiger charge is 2.29. The predicted molar refractivity (Wildman–Crippen MR) is 88.6 cm³/mol. The average molecular weight is 422 g/mol. The molecule has 1 amide bonds. The number of hydrogen-bond acceptors (Lipinski definition) is 4. The van der Waals surface area contributed by atoms with E-state index in [0.717, 1.165) is 0 Å². The van der Waals surface area contributed by atoms with Crippen LogP contribution < -0.4 is 4.90 Å². The van der Waals surface area contributed by atoms with Crippen molar-refractivity contribution in [2.75, 3.05) is 24.5 Å². The van der Waals surface area contributed by atoms with Crippen molar-refractivity contribution in [2.45, 2.75) is 13.0 Å². The molecule has 1 aliphatic rings. The average Bonchev–Trinajstić information content (AvgIpc) is 2.53. The SMILES string of the molecule is C[C@H]1CN(C(=O)O)CCN1c1nc(F)nc2c(F)c(Br)c(Cl)cc12. The van der Waals surface area contributed by atoms with Crippen molar-refractivity contribution < 1.29 is 18.7 Å². The summed E-state index contributed by atoms with van der Waals surface area (Å²) in [6.45, 7) is 2.56. The van der Waals surface area contributed by atoms with Gasteiger partial charge in [0.1, 0.15) is 11.3 Å². The van der Waals surface area contributed by atoms with Crippen LogP contribution in [0.4, 0.5) is 19.4 Å². The van der Waals surface area contributed by atoms with Crippen LogP contribution in [0.5, 0.6) is 0 Å². The smallest absolute Gasteiger partial charge is 0.407 e. The van der Waals surface area contributed by atoms with Gasteiger partial charge in [0.25, 0.3) is 0 Å². The van der Waals surface area contributed by atoms with Crippen molar-refractivity contribution in [1.29, 1.82) is 0 Å². The van der Waals surface area contributed by atoms with Gasteiger partial charge in [-0.2, -0.15) is 14.4 Å². The highest BCUT2D eigenvalue weighted by atomic mass is 79.9. The van der Waals surface area contributed by atoms with Crippen LogP contribution in [0.1, 0.15) is 6.92 Å². The van der Waals surface area contributed by atoms with E-state index in [9.17, 15) is 13.6 Å². The standard InChI is InChI=1S/C14H12BrClF2N4O2/c1-6-5-21(14(23)24)2-3-22(6)12-7-4-8(16)9(15)10(17)11(7)19-13(18)20-12/h4,6H,2-3,5H2,1H3,(H,23,24)/t6-/m0/s1.